The number of carbonyl (C=O) groups is 1. The molecule has 4 nitrogen and oxygen atoms in total. The van der Waals surface area contributed by atoms with Crippen LogP contribution in [0.3, 0.4) is 0 Å². The van der Waals surface area contributed by atoms with Gasteiger partial charge < -0.3 is 10.1 Å². The van der Waals surface area contributed by atoms with E-state index in [1.54, 1.807) is 42.6 Å². The molecule has 0 unspecified atom stereocenters. The number of nitrogens with one attached hydrogen (secondary N) is 1. The van der Waals surface area contributed by atoms with E-state index in [4.69, 9.17) is 39.5 Å². The van der Waals surface area contributed by atoms with Crippen molar-refractivity contribution in [2.45, 2.75) is 13.5 Å². The number of hydrogen-bond acceptors (Lipinski definition) is 3. The summed E-state index contributed by atoms with van der Waals surface area (Å²) in [6.45, 7) is 2.19. The van der Waals surface area contributed by atoms with Crippen molar-refractivity contribution in [3.63, 3.8) is 0 Å². The quantitative estimate of drug-likeness (QED) is 0.544. The second-order valence-corrected chi connectivity index (χ2v) is 7.05. The lowest BCUT2D eigenvalue weighted by Crippen LogP contribution is -2.23. The van der Waals surface area contributed by atoms with Gasteiger partial charge in [0.05, 0.1) is 15.6 Å². The number of ether oxygens (including phenoxy) is 1. The number of amides is 1. The highest BCUT2D eigenvalue weighted by atomic mass is 35.5. The normalized spacial score (nSPS) is 10.5. The van der Waals surface area contributed by atoms with E-state index < -0.39 is 0 Å². The molecule has 138 valence electrons. The number of pyridine rings is 1. The van der Waals surface area contributed by atoms with Crippen LogP contribution in [-0.2, 0) is 6.54 Å². The van der Waals surface area contributed by atoms with Crippen LogP contribution >= 0.6 is 34.8 Å². The minimum Gasteiger partial charge on any atom is -0.439 e. The summed E-state index contributed by atoms with van der Waals surface area (Å²) in [5, 5.41) is 4.04. The molecule has 0 aliphatic heterocycles. The fourth-order valence-electron chi connectivity index (χ4n) is 2.40. The third kappa shape index (κ3) is 4.92. The highest BCUT2D eigenvalue weighted by Gasteiger charge is 2.14. The van der Waals surface area contributed by atoms with E-state index >= 15 is 0 Å². The highest BCUT2D eigenvalue weighted by molar-refractivity contribution is 6.39. The van der Waals surface area contributed by atoms with Crippen LogP contribution in [0.1, 0.15) is 21.5 Å². The summed E-state index contributed by atoms with van der Waals surface area (Å²) in [6.07, 6.45) is 1.63. The zero-order valence-electron chi connectivity index (χ0n) is 14.3. The molecule has 2 aromatic carbocycles. The molecule has 3 aromatic rings. The first kappa shape index (κ1) is 19.5. The van der Waals surface area contributed by atoms with Gasteiger partial charge in [0.15, 0.2) is 0 Å². The van der Waals surface area contributed by atoms with Gasteiger partial charge in [-0.1, -0.05) is 46.9 Å². The Morgan fingerprint density at radius 2 is 1.81 bits per heavy atom. The Balaban J connectivity index is 1.63. The molecule has 1 aromatic heterocycles. The first-order valence-electron chi connectivity index (χ1n) is 8.05. The predicted molar refractivity (Wildman–Crippen MR) is 108 cm³/mol. The van der Waals surface area contributed by atoms with Gasteiger partial charge >= 0.3 is 0 Å². The van der Waals surface area contributed by atoms with Gasteiger partial charge in [-0.2, -0.15) is 0 Å². The molecule has 0 radical (unpaired) electrons. The molecule has 7 heteroatoms. The van der Waals surface area contributed by atoms with Gasteiger partial charge in [-0.3, -0.25) is 4.79 Å². The van der Waals surface area contributed by atoms with Crippen molar-refractivity contribution in [2.75, 3.05) is 0 Å². The Labute approximate surface area is 172 Å². The van der Waals surface area contributed by atoms with Crippen LogP contribution in [0.25, 0.3) is 0 Å². The smallest absolute Gasteiger partial charge is 0.254 e. The number of benzene rings is 2. The molecule has 0 atom stereocenters. The maximum atomic E-state index is 12.3. The van der Waals surface area contributed by atoms with E-state index in [1.807, 2.05) is 19.1 Å². The maximum Gasteiger partial charge on any atom is 0.254 e. The lowest BCUT2D eigenvalue weighted by molar-refractivity contribution is 0.0951. The van der Waals surface area contributed by atoms with E-state index in [0.717, 1.165) is 11.1 Å². The van der Waals surface area contributed by atoms with Crippen molar-refractivity contribution in [2.24, 2.45) is 0 Å². The zero-order valence-corrected chi connectivity index (χ0v) is 16.6. The first-order valence-corrected chi connectivity index (χ1v) is 9.18. The van der Waals surface area contributed by atoms with Crippen LogP contribution in [0.4, 0.5) is 0 Å². The largest absolute Gasteiger partial charge is 0.439 e. The molecule has 0 aliphatic carbocycles. The van der Waals surface area contributed by atoms with Crippen molar-refractivity contribution in [3.8, 4) is 11.6 Å². The van der Waals surface area contributed by atoms with Gasteiger partial charge in [0.1, 0.15) is 5.75 Å². The topological polar surface area (TPSA) is 51.2 Å². The summed E-state index contributed by atoms with van der Waals surface area (Å²) in [7, 11) is 0. The average Bonchev–Trinajstić information content (AvgIpc) is 2.63. The number of halogens is 3. The first-order chi connectivity index (χ1) is 12.9. The van der Waals surface area contributed by atoms with E-state index in [9.17, 15) is 4.79 Å². The minimum absolute atomic E-state index is 0.256. The van der Waals surface area contributed by atoms with Gasteiger partial charge in [-0.05, 0) is 48.4 Å². The molecule has 0 bridgehead atoms. The maximum absolute atomic E-state index is 12.3. The van der Waals surface area contributed by atoms with E-state index in [-0.39, 0.29) is 18.0 Å². The van der Waals surface area contributed by atoms with Crippen LogP contribution in [0.15, 0.2) is 54.7 Å². The highest BCUT2D eigenvalue weighted by Crippen LogP contribution is 2.26. The molecule has 0 spiro atoms. The van der Waals surface area contributed by atoms with Gasteiger partial charge in [-0.25, -0.2) is 4.98 Å². The molecular formula is C20H15Cl3N2O2. The number of carbonyl (C=O) groups excluding carboxylic acids is 1. The fraction of sp³-hybridized carbons (Fsp3) is 0.100. The zero-order chi connectivity index (χ0) is 19.4. The van der Waals surface area contributed by atoms with Crippen LogP contribution in [0.2, 0.25) is 15.1 Å². The SMILES string of the molecule is Cc1cc(Cl)ccc1Oc1ccc(CNC(=O)c2c(Cl)cccc2Cl)cn1. The van der Waals surface area contributed by atoms with Crippen LogP contribution in [-0.4, -0.2) is 10.9 Å². The number of aryl methyl sites for hydroxylation is 1. The van der Waals surface area contributed by atoms with Gasteiger partial charge in [0.25, 0.3) is 5.91 Å². The Morgan fingerprint density at radius 1 is 1.07 bits per heavy atom. The summed E-state index contributed by atoms with van der Waals surface area (Å²) in [6, 6.07) is 13.9. The molecule has 3 rings (SSSR count). The molecule has 0 saturated carbocycles. The molecular weight excluding hydrogens is 407 g/mol. The number of rotatable bonds is 5. The van der Waals surface area contributed by atoms with Crippen molar-refractivity contribution < 1.29 is 9.53 Å². The van der Waals surface area contributed by atoms with Crippen molar-refractivity contribution in [1.29, 1.82) is 0 Å². The average molecular weight is 422 g/mol. The summed E-state index contributed by atoms with van der Waals surface area (Å²) >= 11 is 18.0. The van der Waals surface area contributed by atoms with E-state index in [1.165, 1.54) is 0 Å². The molecule has 0 aliphatic rings. The van der Waals surface area contributed by atoms with Crippen LogP contribution < -0.4 is 10.1 Å². The third-order valence-electron chi connectivity index (χ3n) is 3.79. The van der Waals surface area contributed by atoms with Crippen molar-refractivity contribution in [1.82, 2.24) is 10.3 Å². The Morgan fingerprint density at radius 3 is 2.44 bits per heavy atom. The van der Waals surface area contributed by atoms with Gasteiger partial charge in [0, 0.05) is 23.8 Å². The summed E-state index contributed by atoms with van der Waals surface area (Å²) < 4.78 is 5.75. The molecule has 27 heavy (non-hydrogen) atoms. The Kier molecular flexibility index (Phi) is 6.22. The summed E-state index contributed by atoms with van der Waals surface area (Å²) in [4.78, 5) is 16.6. The van der Waals surface area contributed by atoms with Crippen LogP contribution in [0, 0.1) is 6.92 Å². The monoisotopic (exact) mass is 420 g/mol. The third-order valence-corrected chi connectivity index (χ3v) is 4.66. The Bertz CT molecular complexity index is 955. The van der Waals surface area contributed by atoms with Crippen molar-refractivity contribution in [3.05, 3.63) is 86.5 Å². The molecule has 0 fully saturated rings. The second-order valence-electron chi connectivity index (χ2n) is 5.80. The minimum atomic E-state index is -0.345. The molecule has 1 amide bonds. The lowest BCUT2D eigenvalue weighted by Gasteiger charge is -2.10. The standard InChI is InChI=1S/C20H15Cl3N2O2/c1-12-9-14(21)6-7-17(12)27-18-8-5-13(10-24-18)11-25-20(26)19-15(22)3-2-4-16(19)23/h2-10H,11H2,1H3,(H,25,26). The number of hydrogen-bond donors (Lipinski definition) is 1. The van der Waals surface area contributed by atoms with Crippen LogP contribution in [0.5, 0.6) is 11.6 Å². The molecule has 0 saturated heterocycles. The van der Waals surface area contributed by atoms with E-state index in [0.29, 0.717) is 26.7 Å². The number of aromatic nitrogens is 1. The van der Waals surface area contributed by atoms with Gasteiger partial charge in [-0.15, -0.1) is 0 Å². The van der Waals surface area contributed by atoms with E-state index in [2.05, 4.69) is 10.3 Å². The predicted octanol–water partition coefficient (Wildman–Crippen LogP) is 6.07. The summed E-state index contributed by atoms with van der Waals surface area (Å²) in [5.41, 5.74) is 1.98. The van der Waals surface area contributed by atoms with Gasteiger partial charge in [0.2, 0.25) is 5.88 Å². The molecule has 1 heterocycles. The lowest BCUT2D eigenvalue weighted by atomic mass is 10.2. The van der Waals surface area contributed by atoms with Crippen molar-refractivity contribution >= 4 is 40.7 Å². The number of nitrogens with zero attached hydrogens (tertiary/aromatic N) is 1. The second kappa shape index (κ2) is 8.61. The Hall–Kier alpha value is -2.27. The summed E-state index contributed by atoms with van der Waals surface area (Å²) in [5.74, 6) is 0.786. The molecule has 1 N–H and O–H groups in total. The fourth-order valence-corrected chi connectivity index (χ4v) is 3.20.